The monoisotopic (exact) mass is 333 g/mol. The highest BCUT2D eigenvalue weighted by atomic mass is 79.9. The number of amides is 1. The summed E-state index contributed by atoms with van der Waals surface area (Å²) in [5.74, 6) is -0.0279. The van der Waals surface area contributed by atoms with Gasteiger partial charge in [0.25, 0.3) is 5.91 Å². The zero-order chi connectivity index (χ0) is 12.3. The lowest BCUT2D eigenvalue weighted by Crippen LogP contribution is -2.38. The van der Waals surface area contributed by atoms with E-state index in [2.05, 4.69) is 21.2 Å². The van der Waals surface area contributed by atoms with Gasteiger partial charge in [-0.2, -0.15) is 0 Å². The predicted octanol–water partition coefficient (Wildman–Crippen LogP) is 3.10. The van der Waals surface area contributed by atoms with Crippen LogP contribution in [0.5, 0.6) is 0 Å². The average Bonchev–Trinajstić information content (AvgIpc) is 2.88. The van der Waals surface area contributed by atoms with Crippen molar-refractivity contribution in [2.24, 2.45) is 0 Å². The maximum atomic E-state index is 12.0. The van der Waals surface area contributed by atoms with Gasteiger partial charge in [0.15, 0.2) is 0 Å². The van der Waals surface area contributed by atoms with Gasteiger partial charge < -0.3 is 10.1 Å². The third kappa shape index (κ3) is 3.07. The molecule has 92 valence electrons. The van der Waals surface area contributed by atoms with Gasteiger partial charge in [-0.15, -0.1) is 22.7 Å². The van der Waals surface area contributed by atoms with Crippen LogP contribution >= 0.6 is 38.6 Å². The molecule has 0 aromatic carbocycles. The number of fused-ring (bicyclic) bond motifs is 1. The Morgan fingerprint density at radius 1 is 1.59 bits per heavy atom. The van der Waals surface area contributed by atoms with Gasteiger partial charge in [0, 0.05) is 21.8 Å². The van der Waals surface area contributed by atoms with E-state index in [4.69, 9.17) is 4.74 Å². The zero-order valence-electron chi connectivity index (χ0n) is 9.23. The van der Waals surface area contributed by atoms with E-state index in [-0.39, 0.29) is 11.9 Å². The minimum absolute atomic E-state index is 0.00707. The predicted molar refractivity (Wildman–Crippen MR) is 76.6 cm³/mol. The number of alkyl halides is 1. The molecule has 0 aliphatic carbocycles. The van der Waals surface area contributed by atoms with Gasteiger partial charge in [-0.1, -0.05) is 15.9 Å². The van der Waals surface area contributed by atoms with E-state index in [0.29, 0.717) is 11.9 Å². The maximum absolute atomic E-state index is 12.0. The second-order valence-electron chi connectivity index (χ2n) is 3.54. The molecule has 17 heavy (non-hydrogen) atoms. The van der Waals surface area contributed by atoms with Crippen molar-refractivity contribution in [1.29, 1.82) is 0 Å². The summed E-state index contributed by atoms with van der Waals surface area (Å²) in [6.45, 7) is 0.511. The van der Waals surface area contributed by atoms with Crippen LogP contribution in [0.2, 0.25) is 0 Å². The van der Waals surface area contributed by atoms with Crippen molar-refractivity contribution >= 4 is 53.9 Å². The second-order valence-corrected chi connectivity index (χ2v) is 6.22. The standard InChI is InChI=1S/C11H12BrNO2S2/c1-15-6-7(5-12)13-11(14)10-4-9-8(17-10)2-3-16-9/h2-4,7H,5-6H2,1H3,(H,13,14). The summed E-state index contributed by atoms with van der Waals surface area (Å²) in [5.41, 5.74) is 0. The minimum atomic E-state index is -0.0279. The van der Waals surface area contributed by atoms with Crippen molar-refractivity contribution in [3.63, 3.8) is 0 Å². The molecule has 2 heterocycles. The molecule has 0 radical (unpaired) electrons. The number of rotatable bonds is 5. The minimum Gasteiger partial charge on any atom is -0.383 e. The quantitative estimate of drug-likeness (QED) is 0.854. The van der Waals surface area contributed by atoms with Crippen molar-refractivity contribution in [3.8, 4) is 0 Å². The smallest absolute Gasteiger partial charge is 0.261 e. The molecule has 0 aliphatic heterocycles. The molecular weight excluding hydrogens is 322 g/mol. The van der Waals surface area contributed by atoms with Crippen LogP contribution in [0.15, 0.2) is 17.5 Å². The zero-order valence-corrected chi connectivity index (χ0v) is 12.5. The molecule has 0 fully saturated rings. The van der Waals surface area contributed by atoms with Crippen molar-refractivity contribution in [3.05, 3.63) is 22.4 Å². The number of carbonyl (C=O) groups is 1. The number of ether oxygens (including phenoxy) is 1. The Morgan fingerprint density at radius 3 is 3.06 bits per heavy atom. The Kier molecular flexibility index (Phi) is 4.55. The Hall–Kier alpha value is -0.430. The number of halogens is 1. The number of methoxy groups -OCH3 is 1. The van der Waals surface area contributed by atoms with E-state index in [1.54, 1.807) is 18.4 Å². The second kappa shape index (κ2) is 5.95. The lowest BCUT2D eigenvalue weighted by molar-refractivity contribution is 0.0912. The Bertz CT molecular complexity index is 480. The number of hydrogen-bond acceptors (Lipinski definition) is 4. The third-order valence-electron chi connectivity index (χ3n) is 2.25. The molecule has 0 saturated heterocycles. The molecule has 2 aromatic heterocycles. The number of hydrogen-bond donors (Lipinski definition) is 1. The van der Waals surface area contributed by atoms with E-state index in [1.165, 1.54) is 20.7 Å². The first-order chi connectivity index (χ1) is 8.24. The van der Waals surface area contributed by atoms with Crippen LogP contribution in [-0.2, 0) is 4.74 Å². The molecule has 1 amide bonds. The van der Waals surface area contributed by atoms with Crippen LogP contribution in [-0.4, -0.2) is 31.0 Å². The van der Waals surface area contributed by atoms with E-state index in [1.807, 2.05) is 17.5 Å². The van der Waals surface area contributed by atoms with Crippen LogP contribution < -0.4 is 5.32 Å². The fourth-order valence-electron chi connectivity index (χ4n) is 1.46. The van der Waals surface area contributed by atoms with Gasteiger partial charge in [-0.25, -0.2) is 0 Å². The number of carbonyl (C=O) groups excluding carboxylic acids is 1. The largest absolute Gasteiger partial charge is 0.383 e. The molecule has 1 N–H and O–H groups in total. The summed E-state index contributed by atoms with van der Waals surface area (Å²) in [7, 11) is 1.63. The Balaban J connectivity index is 2.06. The molecule has 0 saturated carbocycles. The van der Waals surface area contributed by atoms with Crippen molar-refractivity contribution < 1.29 is 9.53 Å². The Labute approximate surface area is 116 Å². The first-order valence-corrected chi connectivity index (χ1v) is 7.89. The normalized spacial score (nSPS) is 12.8. The van der Waals surface area contributed by atoms with Gasteiger partial charge in [-0.05, 0) is 17.5 Å². The van der Waals surface area contributed by atoms with Gasteiger partial charge in [0.1, 0.15) is 0 Å². The van der Waals surface area contributed by atoms with Gasteiger partial charge >= 0.3 is 0 Å². The summed E-state index contributed by atoms with van der Waals surface area (Å²) < 4.78 is 7.37. The first-order valence-electron chi connectivity index (χ1n) is 5.07. The van der Waals surface area contributed by atoms with Crippen molar-refractivity contribution in [2.75, 3.05) is 19.0 Å². The summed E-state index contributed by atoms with van der Waals surface area (Å²) in [4.78, 5) is 12.7. The van der Waals surface area contributed by atoms with E-state index < -0.39 is 0 Å². The van der Waals surface area contributed by atoms with Gasteiger partial charge in [-0.3, -0.25) is 4.79 Å². The maximum Gasteiger partial charge on any atom is 0.261 e. The van der Waals surface area contributed by atoms with E-state index in [0.717, 1.165) is 4.88 Å². The molecular formula is C11H12BrNO2S2. The molecule has 0 spiro atoms. The molecule has 1 unspecified atom stereocenters. The molecule has 2 rings (SSSR count). The van der Waals surface area contributed by atoms with E-state index >= 15 is 0 Å². The lowest BCUT2D eigenvalue weighted by atomic mass is 10.3. The molecule has 2 aromatic rings. The van der Waals surface area contributed by atoms with Crippen molar-refractivity contribution in [2.45, 2.75) is 6.04 Å². The van der Waals surface area contributed by atoms with E-state index in [9.17, 15) is 4.79 Å². The van der Waals surface area contributed by atoms with Crippen LogP contribution in [0.1, 0.15) is 9.67 Å². The average molecular weight is 334 g/mol. The molecule has 0 bridgehead atoms. The van der Waals surface area contributed by atoms with Crippen LogP contribution in [0.4, 0.5) is 0 Å². The highest BCUT2D eigenvalue weighted by molar-refractivity contribution is 9.09. The van der Waals surface area contributed by atoms with Gasteiger partial charge in [0.05, 0.1) is 17.5 Å². The third-order valence-corrected chi connectivity index (χ3v) is 5.13. The summed E-state index contributed by atoms with van der Waals surface area (Å²) in [5, 5.41) is 5.66. The molecule has 3 nitrogen and oxygen atoms in total. The molecule has 6 heteroatoms. The topological polar surface area (TPSA) is 38.3 Å². The Morgan fingerprint density at radius 2 is 2.41 bits per heavy atom. The highest BCUT2D eigenvalue weighted by Gasteiger charge is 2.15. The number of thiophene rings is 2. The van der Waals surface area contributed by atoms with Gasteiger partial charge in [0.2, 0.25) is 0 Å². The summed E-state index contributed by atoms with van der Waals surface area (Å²) in [6, 6.07) is 3.99. The molecule has 1 atom stereocenters. The highest BCUT2D eigenvalue weighted by Crippen LogP contribution is 2.29. The SMILES string of the molecule is COCC(CBr)NC(=O)c1cc2sccc2s1. The fraction of sp³-hybridized carbons (Fsp3) is 0.364. The summed E-state index contributed by atoms with van der Waals surface area (Å²) >= 11 is 6.54. The lowest BCUT2D eigenvalue weighted by Gasteiger charge is -2.14. The van der Waals surface area contributed by atoms with Crippen LogP contribution in [0.3, 0.4) is 0 Å². The van der Waals surface area contributed by atoms with Crippen LogP contribution in [0.25, 0.3) is 9.40 Å². The fourth-order valence-corrected chi connectivity index (χ4v) is 3.82. The summed E-state index contributed by atoms with van der Waals surface area (Å²) in [6.07, 6.45) is 0. The van der Waals surface area contributed by atoms with Crippen LogP contribution in [0, 0.1) is 0 Å². The molecule has 0 aliphatic rings. The number of nitrogens with one attached hydrogen (secondary N) is 1. The first kappa shape index (κ1) is 13.0. The van der Waals surface area contributed by atoms with Crippen molar-refractivity contribution in [1.82, 2.24) is 5.32 Å².